The average Bonchev–Trinajstić information content (AvgIpc) is 2.36. The molecule has 1 aromatic rings. The van der Waals surface area contributed by atoms with Crippen LogP contribution in [0.4, 0.5) is 23.7 Å². The van der Waals surface area contributed by atoms with Crippen LogP contribution < -0.4 is 10.6 Å². The maximum Gasteiger partial charge on any atom is 0.389 e. The van der Waals surface area contributed by atoms with Gasteiger partial charge in [0.1, 0.15) is 0 Å². The van der Waals surface area contributed by atoms with Crippen molar-refractivity contribution in [1.82, 2.24) is 5.32 Å². The first-order valence-electron chi connectivity index (χ1n) is 5.83. The van der Waals surface area contributed by atoms with Crippen LogP contribution in [-0.4, -0.2) is 29.8 Å². The van der Waals surface area contributed by atoms with Crippen LogP contribution in [0.15, 0.2) is 18.2 Å². The molecule has 0 unspecified atom stereocenters. The molecule has 5 nitrogen and oxygen atoms in total. The smallest absolute Gasteiger partial charge is 0.389 e. The predicted molar refractivity (Wildman–Crippen MR) is 70.7 cm³/mol. The Kier molecular flexibility index (Phi) is 5.83. The molecular formula is C12H12ClF3N2O3. The Morgan fingerprint density at radius 1 is 1.29 bits per heavy atom. The first-order valence-corrected chi connectivity index (χ1v) is 6.21. The van der Waals surface area contributed by atoms with Crippen LogP contribution in [0.25, 0.3) is 0 Å². The number of alkyl halides is 3. The Morgan fingerprint density at radius 2 is 1.95 bits per heavy atom. The molecule has 1 rings (SSSR count). The van der Waals surface area contributed by atoms with Crippen LogP contribution in [0.2, 0.25) is 5.02 Å². The number of carbonyl (C=O) groups is 2. The lowest BCUT2D eigenvalue weighted by Gasteiger charge is -2.10. The highest BCUT2D eigenvalue weighted by Crippen LogP contribution is 2.23. The number of amides is 2. The molecule has 0 aliphatic heterocycles. The largest absolute Gasteiger partial charge is 0.478 e. The summed E-state index contributed by atoms with van der Waals surface area (Å²) in [5.74, 6) is -1.17. The minimum atomic E-state index is -4.26. The number of urea groups is 1. The minimum absolute atomic E-state index is 0.0142. The Labute approximate surface area is 123 Å². The summed E-state index contributed by atoms with van der Waals surface area (Å²) < 4.78 is 35.7. The molecule has 0 aromatic heterocycles. The fourth-order valence-electron chi connectivity index (χ4n) is 1.41. The van der Waals surface area contributed by atoms with Crippen LogP contribution in [0.3, 0.4) is 0 Å². The van der Waals surface area contributed by atoms with Crippen molar-refractivity contribution in [2.75, 3.05) is 11.9 Å². The maximum atomic E-state index is 11.9. The lowest BCUT2D eigenvalue weighted by Crippen LogP contribution is -2.30. The maximum absolute atomic E-state index is 11.9. The number of rotatable bonds is 5. The Bertz CT molecular complexity index is 535. The van der Waals surface area contributed by atoms with Crippen molar-refractivity contribution in [2.24, 2.45) is 0 Å². The van der Waals surface area contributed by atoms with E-state index in [0.717, 1.165) is 6.07 Å². The molecule has 0 atom stereocenters. The number of hydrogen-bond donors (Lipinski definition) is 3. The van der Waals surface area contributed by atoms with Crippen LogP contribution >= 0.6 is 11.6 Å². The average molecular weight is 325 g/mol. The molecule has 0 heterocycles. The summed E-state index contributed by atoms with van der Waals surface area (Å²) in [6, 6.07) is 2.97. The van der Waals surface area contributed by atoms with E-state index in [9.17, 15) is 22.8 Å². The summed E-state index contributed by atoms with van der Waals surface area (Å²) in [6.07, 6.45) is -5.47. The molecule has 0 aliphatic rings. The van der Waals surface area contributed by atoms with Gasteiger partial charge in [0.25, 0.3) is 0 Å². The SMILES string of the molecule is O=C(NCCCC(F)(F)F)Nc1ccc(C(=O)O)cc1Cl. The number of nitrogens with one attached hydrogen (secondary N) is 2. The number of carboxylic acid groups (broad SMARTS) is 1. The number of anilines is 1. The normalized spacial score (nSPS) is 11.0. The van der Waals surface area contributed by atoms with Crippen molar-refractivity contribution in [1.29, 1.82) is 0 Å². The van der Waals surface area contributed by atoms with Crippen molar-refractivity contribution in [3.63, 3.8) is 0 Å². The second kappa shape index (κ2) is 7.16. The quantitative estimate of drug-likeness (QED) is 0.725. The number of carbonyl (C=O) groups excluding carboxylic acids is 1. The topological polar surface area (TPSA) is 78.4 Å². The van der Waals surface area contributed by atoms with Gasteiger partial charge >= 0.3 is 18.2 Å². The predicted octanol–water partition coefficient (Wildman–Crippen LogP) is 3.50. The van der Waals surface area contributed by atoms with Gasteiger partial charge in [0.15, 0.2) is 0 Å². The van der Waals surface area contributed by atoms with E-state index >= 15 is 0 Å². The second-order valence-electron chi connectivity index (χ2n) is 4.10. The van der Waals surface area contributed by atoms with E-state index in [1.165, 1.54) is 12.1 Å². The molecule has 0 saturated carbocycles. The van der Waals surface area contributed by atoms with Gasteiger partial charge in [-0.2, -0.15) is 13.2 Å². The highest BCUT2D eigenvalue weighted by atomic mass is 35.5. The third-order valence-corrected chi connectivity index (χ3v) is 2.70. The van der Waals surface area contributed by atoms with E-state index in [1.54, 1.807) is 0 Å². The van der Waals surface area contributed by atoms with Crippen LogP contribution in [0.5, 0.6) is 0 Å². The summed E-state index contributed by atoms with van der Waals surface area (Å²) in [6.45, 7) is -0.143. The van der Waals surface area contributed by atoms with Gasteiger partial charge in [0.2, 0.25) is 0 Å². The zero-order chi connectivity index (χ0) is 16.0. The van der Waals surface area contributed by atoms with Crippen molar-refractivity contribution in [2.45, 2.75) is 19.0 Å². The molecule has 1 aromatic carbocycles. The van der Waals surface area contributed by atoms with E-state index in [4.69, 9.17) is 16.7 Å². The van der Waals surface area contributed by atoms with Crippen LogP contribution in [0.1, 0.15) is 23.2 Å². The van der Waals surface area contributed by atoms with E-state index in [-0.39, 0.29) is 29.2 Å². The zero-order valence-corrected chi connectivity index (χ0v) is 11.4. The lowest BCUT2D eigenvalue weighted by molar-refractivity contribution is -0.135. The van der Waals surface area contributed by atoms with Crippen molar-refractivity contribution in [3.05, 3.63) is 28.8 Å². The number of aromatic carboxylic acids is 1. The molecule has 9 heteroatoms. The first kappa shape index (κ1) is 17.1. The third kappa shape index (κ3) is 6.35. The first-order chi connectivity index (χ1) is 9.69. The molecule has 21 heavy (non-hydrogen) atoms. The highest BCUT2D eigenvalue weighted by molar-refractivity contribution is 6.34. The Balaban J connectivity index is 2.46. The van der Waals surface area contributed by atoms with Gasteiger partial charge in [0.05, 0.1) is 16.3 Å². The van der Waals surface area contributed by atoms with Gasteiger partial charge in [-0.15, -0.1) is 0 Å². The van der Waals surface area contributed by atoms with E-state index < -0.39 is 24.6 Å². The van der Waals surface area contributed by atoms with Gasteiger partial charge in [-0.05, 0) is 24.6 Å². The molecule has 0 saturated heterocycles. The molecular weight excluding hydrogens is 313 g/mol. The molecule has 0 radical (unpaired) electrons. The van der Waals surface area contributed by atoms with Gasteiger partial charge in [-0.3, -0.25) is 0 Å². The highest BCUT2D eigenvalue weighted by Gasteiger charge is 2.25. The van der Waals surface area contributed by atoms with E-state index in [1.807, 2.05) is 0 Å². The molecule has 0 aliphatic carbocycles. The fourth-order valence-corrected chi connectivity index (χ4v) is 1.63. The molecule has 0 fully saturated rings. The molecule has 0 bridgehead atoms. The third-order valence-electron chi connectivity index (χ3n) is 2.39. The minimum Gasteiger partial charge on any atom is -0.478 e. The summed E-state index contributed by atoms with van der Waals surface area (Å²) in [4.78, 5) is 22.1. The summed E-state index contributed by atoms with van der Waals surface area (Å²) >= 11 is 5.78. The second-order valence-corrected chi connectivity index (χ2v) is 4.51. The van der Waals surface area contributed by atoms with Crippen LogP contribution in [-0.2, 0) is 0 Å². The van der Waals surface area contributed by atoms with Crippen molar-refractivity contribution < 1.29 is 27.9 Å². The zero-order valence-electron chi connectivity index (χ0n) is 10.6. The van der Waals surface area contributed by atoms with E-state index in [2.05, 4.69) is 10.6 Å². The van der Waals surface area contributed by atoms with Gasteiger partial charge in [-0.25, -0.2) is 9.59 Å². The number of hydrogen-bond acceptors (Lipinski definition) is 2. The monoisotopic (exact) mass is 324 g/mol. The summed E-state index contributed by atoms with van der Waals surface area (Å²) in [7, 11) is 0. The number of benzene rings is 1. The van der Waals surface area contributed by atoms with Crippen molar-refractivity contribution >= 4 is 29.3 Å². The standard InChI is InChI=1S/C12H12ClF3N2O3/c13-8-6-7(10(19)20)2-3-9(8)18-11(21)17-5-1-4-12(14,15)16/h2-3,6H,1,4-5H2,(H,19,20)(H2,17,18,21). The summed E-state index contributed by atoms with van der Waals surface area (Å²) in [5, 5.41) is 13.3. The van der Waals surface area contributed by atoms with Gasteiger partial charge < -0.3 is 15.7 Å². The van der Waals surface area contributed by atoms with Gasteiger partial charge in [-0.1, -0.05) is 11.6 Å². The fraction of sp³-hybridized carbons (Fsp3) is 0.333. The molecule has 3 N–H and O–H groups in total. The number of carboxylic acids is 1. The van der Waals surface area contributed by atoms with Crippen LogP contribution in [0, 0.1) is 0 Å². The van der Waals surface area contributed by atoms with Gasteiger partial charge in [0, 0.05) is 13.0 Å². The molecule has 116 valence electrons. The Morgan fingerprint density at radius 3 is 2.48 bits per heavy atom. The lowest BCUT2D eigenvalue weighted by atomic mass is 10.2. The summed E-state index contributed by atoms with van der Waals surface area (Å²) in [5.41, 5.74) is 0.117. The Hall–Kier alpha value is -1.96. The number of halogens is 4. The van der Waals surface area contributed by atoms with E-state index in [0.29, 0.717) is 0 Å². The van der Waals surface area contributed by atoms with Crippen molar-refractivity contribution in [3.8, 4) is 0 Å². The molecule has 0 spiro atoms. The molecule has 2 amide bonds.